The molecule has 3 nitrogen and oxygen atoms in total. The summed E-state index contributed by atoms with van der Waals surface area (Å²) in [7, 11) is 0. The maximum absolute atomic E-state index is 9.23. The van der Waals surface area contributed by atoms with Gasteiger partial charge < -0.3 is 15.9 Å². The molecule has 1 aliphatic rings. The summed E-state index contributed by atoms with van der Waals surface area (Å²) in [5, 5.41) is 17.9. The lowest BCUT2D eigenvalue weighted by Gasteiger charge is -2.28. The Morgan fingerprint density at radius 1 is 1.23 bits per heavy atom. The molecule has 1 saturated carbocycles. The van der Waals surface area contributed by atoms with Crippen LogP contribution in [0, 0.1) is 5.92 Å². The standard InChI is InChI=1S/C10H21NO2/c11-10(6-9(13)7-12)8-4-2-1-3-5-8/h8-10,12-13H,1-7,11H2. The van der Waals surface area contributed by atoms with Gasteiger partial charge >= 0.3 is 0 Å². The van der Waals surface area contributed by atoms with Gasteiger partial charge in [0, 0.05) is 6.04 Å². The Morgan fingerprint density at radius 2 is 1.85 bits per heavy atom. The first kappa shape index (κ1) is 11.0. The summed E-state index contributed by atoms with van der Waals surface area (Å²) in [6, 6.07) is 0.0717. The smallest absolute Gasteiger partial charge is 0.0785 e. The van der Waals surface area contributed by atoms with E-state index in [9.17, 15) is 5.11 Å². The van der Waals surface area contributed by atoms with E-state index in [0.717, 1.165) is 0 Å². The quantitative estimate of drug-likeness (QED) is 0.605. The Labute approximate surface area is 79.9 Å². The lowest BCUT2D eigenvalue weighted by Crippen LogP contribution is -2.35. The van der Waals surface area contributed by atoms with Gasteiger partial charge in [-0.15, -0.1) is 0 Å². The van der Waals surface area contributed by atoms with E-state index < -0.39 is 6.10 Å². The average Bonchev–Trinajstić information content (AvgIpc) is 2.19. The van der Waals surface area contributed by atoms with Crippen LogP contribution in [0.1, 0.15) is 38.5 Å². The van der Waals surface area contributed by atoms with Crippen LogP contribution in [-0.4, -0.2) is 29.0 Å². The molecule has 4 N–H and O–H groups in total. The fraction of sp³-hybridized carbons (Fsp3) is 1.00. The van der Waals surface area contributed by atoms with Gasteiger partial charge in [-0.2, -0.15) is 0 Å². The molecule has 2 unspecified atom stereocenters. The number of aliphatic hydroxyl groups is 2. The molecule has 0 aromatic rings. The van der Waals surface area contributed by atoms with Crippen molar-refractivity contribution in [2.45, 2.75) is 50.7 Å². The van der Waals surface area contributed by atoms with Gasteiger partial charge in [0.05, 0.1) is 12.7 Å². The van der Waals surface area contributed by atoms with Crippen molar-refractivity contribution >= 4 is 0 Å². The summed E-state index contributed by atoms with van der Waals surface area (Å²) in [5.41, 5.74) is 5.95. The Morgan fingerprint density at radius 3 is 2.38 bits per heavy atom. The van der Waals surface area contributed by atoms with Crippen LogP contribution in [0.25, 0.3) is 0 Å². The monoisotopic (exact) mass is 187 g/mol. The second-order valence-corrected chi connectivity index (χ2v) is 4.13. The molecule has 0 aliphatic heterocycles. The highest BCUT2D eigenvalue weighted by Crippen LogP contribution is 2.27. The largest absolute Gasteiger partial charge is 0.394 e. The average molecular weight is 187 g/mol. The predicted molar refractivity (Wildman–Crippen MR) is 52.3 cm³/mol. The molecule has 0 saturated heterocycles. The number of hydrogen-bond acceptors (Lipinski definition) is 3. The summed E-state index contributed by atoms with van der Waals surface area (Å²) in [6.07, 6.45) is 6.17. The molecule has 78 valence electrons. The molecule has 1 aliphatic carbocycles. The lowest BCUT2D eigenvalue weighted by molar-refractivity contribution is 0.0741. The van der Waals surface area contributed by atoms with Crippen molar-refractivity contribution < 1.29 is 10.2 Å². The number of hydrogen-bond donors (Lipinski definition) is 3. The van der Waals surface area contributed by atoms with Crippen LogP contribution < -0.4 is 5.73 Å². The Bertz CT molecular complexity index is 135. The van der Waals surface area contributed by atoms with Crippen molar-refractivity contribution in [3.63, 3.8) is 0 Å². The van der Waals surface area contributed by atoms with Gasteiger partial charge in [-0.1, -0.05) is 19.3 Å². The van der Waals surface area contributed by atoms with E-state index in [1.165, 1.54) is 32.1 Å². The van der Waals surface area contributed by atoms with Gasteiger partial charge in [-0.05, 0) is 25.2 Å². The van der Waals surface area contributed by atoms with Crippen LogP contribution in [-0.2, 0) is 0 Å². The number of nitrogens with two attached hydrogens (primary N) is 1. The molecule has 0 heterocycles. The fourth-order valence-electron chi connectivity index (χ4n) is 2.14. The molecule has 0 bridgehead atoms. The predicted octanol–water partition coefficient (Wildman–Crippen LogP) is 0.637. The van der Waals surface area contributed by atoms with E-state index in [1.807, 2.05) is 0 Å². The van der Waals surface area contributed by atoms with Gasteiger partial charge in [0.15, 0.2) is 0 Å². The van der Waals surface area contributed by atoms with E-state index in [0.29, 0.717) is 12.3 Å². The Hall–Kier alpha value is -0.120. The van der Waals surface area contributed by atoms with Gasteiger partial charge in [0.25, 0.3) is 0 Å². The zero-order chi connectivity index (χ0) is 9.68. The van der Waals surface area contributed by atoms with Crippen LogP contribution in [0.5, 0.6) is 0 Å². The van der Waals surface area contributed by atoms with Gasteiger partial charge in [0.2, 0.25) is 0 Å². The molecule has 13 heavy (non-hydrogen) atoms. The molecule has 0 amide bonds. The fourth-order valence-corrected chi connectivity index (χ4v) is 2.14. The maximum atomic E-state index is 9.23. The highest BCUT2D eigenvalue weighted by molar-refractivity contribution is 4.78. The minimum atomic E-state index is -0.628. The molecular formula is C10H21NO2. The van der Waals surface area contributed by atoms with Crippen molar-refractivity contribution in [2.75, 3.05) is 6.61 Å². The van der Waals surface area contributed by atoms with Gasteiger partial charge in [-0.3, -0.25) is 0 Å². The van der Waals surface area contributed by atoms with Crippen LogP contribution in [0.2, 0.25) is 0 Å². The molecule has 0 spiro atoms. The van der Waals surface area contributed by atoms with Gasteiger partial charge in [0.1, 0.15) is 0 Å². The van der Waals surface area contributed by atoms with Crippen LogP contribution in [0.15, 0.2) is 0 Å². The molecule has 0 aromatic carbocycles. The minimum absolute atomic E-state index is 0.0717. The summed E-state index contributed by atoms with van der Waals surface area (Å²) in [6.45, 7) is -0.166. The van der Waals surface area contributed by atoms with Crippen LogP contribution >= 0.6 is 0 Å². The number of rotatable bonds is 4. The van der Waals surface area contributed by atoms with Crippen LogP contribution in [0.3, 0.4) is 0 Å². The molecule has 1 fully saturated rings. The van der Waals surface area contributed by atoms with Crippen molar-refractivity contribution in [3.05, 3.63) is 0 Å². The third-order valence-electron chi connectivity index (χ3n) is 3.01. The first-order valence-corrected chi connectivity index (χ1v) is 5.28. The molecule has 0 radical (unpaired) electrons. The lowest BCUT2D eigenvalue weighted by atomic mass is 9.82. The maximum Gasteiger partial charge on any atom is 0.0785 e. The highest BCUT2D eigenvalue weighted by atomic mass is 16.3. The summed E-state index contributed by atoms with van der Waals surface area (Å²) < 4.78 is 0. The summed E-state index contributed by atoms with van der Waals surface area (Å²) >= 11 is 0. The van der Waals surface area contributed by atoms with Crippen molar-refractivity contribution in [1.29, 1.82) is 0 Å². The van der Waals surface area contributed by atoms with E-state index in [2.05, 4.69) is 0 Å². The molecular weight excluding hydrogens is 166 g/mol. The second-order valence-electron chi connectivity index (χ2n) is 4.13. The first-order chi connectivity index (χ1) is 6.24. The van der Waals surface area contributed by atoms with Crippen molar-refractivity contribution in [1.82, 2.24) is 0 Å². The third kappa shape index (κ3) is 3.63. The molecule has 3 heteroatoms. The summed E-state index contributed by atoms with van der Waals surface area (Å²) in [4.78, 5) is 0. The molecule has 0 aromatic heterocycles. The van der Waals surface area contributed by atoms with Gasteiger partial charge in [-0.25, -0.2) is 0 Å². The zero-order valence-electron chi connectivity index (χ0n) is 8.15. The molecule has 1 rings (SSSR count). The minimum Gasteiger partial charge on any atom is -0.394 e. The first-order valence-electron chi connectivity index (χ1n) is 5.28. The normalized spacial score (nSPS) is 24.2. The Kier molecular flexibility index (Phi) is 4.70. The van der Waals surface area contributed by atoms with Crippen molar-refractivity contribution in [3.8, 4) is 0 Å². The second kappa shape index (κ2) is 5.58. The zero-order valence-corrected chi connectivity index (χ0v) is 8.15. The highest BCUT2D eigenvalue weighted by Gasteiger charge is 2.22. The third-order valence-corrected chi connectivity index (χ3v) is 3.01. The topological polar surface area (TPSA) is 66.5 Å². The van der Waals surface area contributed by atoms with E-state index in [4.69, 9.17) is 10.8 Å². The summed E-state index contributed by atoms with van der Waals surface area (Å²) in [5.74, 6) is 0.565. The van der Waals surface area contributed by atoms with E-state index >= 15 is 0 Å². The van der Waals surface area contributed by atoms with Crippen molar-refractivity contribution in [2.24, 2.45) is 11.7 Å². The Balaban J connectivity index is 2.24. The number of aliphatic hydroxyl groups excluding tert-OH is 2. The van der Waals surface area contributed by atoms with E-state index in [-0.39, 0.29) is 12.6 Å². The van der Waals surface area contributed by atoms with E-state index in [1.54, 1.807) is 0 Å². The molecule has 2 atom stereocenters. The SMILES string of the molecule is NC(CC(O)CO)C1CCCCC1. The van der Waals surface area contributed by atoms with Crippen LogP contribution in [0.4, 0.5) is 0 Å².